The van der Waals surface area contributed by atoms with Crippen LogP contribution in [0, 0.1) is 17.8 Å². The monoisotopic (exact) mass is 332 g/mol. The first-order valence-corrected chi connectivity index (χ1v) is 7.92. The Labute approximate surface area is 121 Å². The lowest BCUT2D eigenvalue weighted by Crippen LogP contribution is -2.09. The van der Waals surface area contributed by atoms with Gasteiger partial charge in [-0.15, -0.1) is 0 Å². The molecule has 17 heavy (non-hydrogen) atoms. The molecule has 2 fully saturated rings. The predicted octanol–water partition coefficient (Wildman–Crippen LogP) is 5.35. The molecule has 92 valence electrons. The summed E-state index contributed by atoms with van der Waals surface area (Å²) in [5, 5.41) is 1.31. The van der Waals surface area contributed by atoms with Crippen molar-refractivity contribution in [1.82, 2.24) is 0 Å². The molecule has 0 saturated heterocycles. The average Bonchev–Trinajstić information content (AvgIpc) is 2.78. The van der Waals surface area contributed by atoms with Gasteiger partial charge in [0, 0.05) is 4.83 Å². The largest absolute Gasteiger partial charge is 0.0884 e. The normalized spacial score (nSPS) is 32.3. The van der Waals surface area contributed by atoms with Crippen LogP contribution in [0.5, 0.6) is 0 Å². The first-order valence-electron chi connectivity index (χ1n) is 6.25. The van der Waals surface area contributed by atoms with Gasteiger partial charge in [0.25, 0.3) is 0 Å². The Morgan fingerprint density at radius 2 is 1.88 bits per heavy atom. The molecule has 3 heteroatoms. The lowest BCUT2D eigenvalue weighted by molar-refractivity contribution is 0.569. The minimum Gasteiger partial charge on any atom is -0.0884 e. The van der Waals surface area contributed by atoms with Crippen LogP contribution < -0.4 is 0 Å². The molecule has 0 radical (unpaired) electrons. The fourth-order valence-corrected chi connectivity index (χ4v) is 4.92. The van der Waals surface area contributed by atoms with Crippen LogP contribution in [0.3, 0.4) is 0 Å². The van der Waals surface area contributed by atoms with Crippen LogP contribution in [0.2, 0.25) is 10.0 Å². The maximum Gasteiger partial charge on any atom is 0.0595 e. The van der Waals surface area contributed by atoms with Gasteiger partial charge in [-0.3, -0.25) is 0 Å². The molecule has 0 spiro atoms. The van der Waals surface area contributed by atoms with Gasteiger partial charge < -0.3 is 0 Å². The highest BCUT2D eigenvalue weighted by Gasteiger charge is 2.54. The minimum atomic E-state index is 0.607. The Bertz CT molecular complexity index is 422. The Balaban J connectivity index is 1.64. The molecular weight excluding hydrogens is 319 g/mol. The molecule has 0 nitrogen and oxygen atoms in total. The van der Waals surface area contributed by atoms with E-state index < -0.39 is 0 Å². The van der Waals surface area contributed by atoms with Crippen LogP contribution in [0.4, 0.5) is 0 Å². The minimum absolute atomic E-state index is 0.607. The van der Waals surface area contributed by atoms with E-state index in [2.05, 4.69) is 22.0 Å². The quantitative estimate of drug-likeness (QED) is 0.654. The number of halogens is 3. The lowest BCUT2D eigenvalue weighted by Gasteiger charge is -2.12. The first kappa shape index (κ1) is 12.3. The number of rotatable bonds is 3. The average molecular weight is 334 g/mol. The summed E-state index contributed by atoms with van der Waals surface area (Å²) in [5.41, 5.74) is 1.28. The topological polar surface area (TPSA) is 0 Å². The molecule has 0 N–H and O–H groups in total. The van der Waals surface area contributed by atoms with E-state index in [-0.39, 0.29) is 0 Å². The van der Waals surface area contributed by atoms with Gasteiger partial charge in [-0.25, -0.2) is 0 Å². The summed E-state index contributed by atoms with van der Waals surface area (Å²) in [6.45, 7) is 0. The molecule has 0 aliphatic heterocycles. The first-order chi connectivity index (χ1) is 8.16. The summed E-state index contributed by atoms with van der Waals surface area (Å²) in [5.74, 6) is 2.91. The van der Waals surface area contributed by atoms with Gasteiger partial charge in [0.2, 0.25) is 0 Å². The van der Waals surface area contributed by atoms with Crippen LogP contribution in [0.15, 0.2) is 18.2 Å². The van der Waals surface area contributed by atoms with Crippen molar-refractivity contribution in [3.8, 4) is 0 Å². The predicted molar refractivity (Wildman–Crippen MR) is 77.2 cm³/mol. The smallest absolute Gasteiger partial charge is 0.0595 e. The number of hydrogen-bond acceptors (Lipinski definition) is 0. The number of alkyl halides is 1. The van der Waals surface area contributed by atoms with E-state index in [9.17, 15) is 0 Å². The maximum absolute atomic E-state index is 6.04. The van der Waals surface area contributed by atoms with Gasteiger partial charge in [0.1, 0.15) is 0 Å². The van der Waals surface area contributed by atoms with Crippen LogP contribution in [0.25, 0.3) is 0 Å². The van der Waals surface area contributed by atoms with E-state index in [0.29, 0.717) is 14.9 Å². The second-order valence-electron chi connectivity index (χ2n) is 5.30. The van der Waals surface area contributed by atoms with Gasteiger partial charge in [-0.1, -0.05) is 51.6 Å². The van der Waals surface area contributed by atoms with Crippen LogP contribution in [0.1, 0.15) is 24.8 Å². The van der Waals surface area contributed by atoms with E-state index in [1.54, 1.807) is 0 Å². The van der Waals surface area contributed by atoms with E-state index >= 15 is 0 Å². The SMILES string of the molecule is Clc1ccc(CC(Br)C2C3CCCC32)cc1Cl. The zero-order chi connectivity index (χ0) is 12.0. The van der Waals surface area contributed by atoms with Crippen molar-refractivity contribution in [3.05, 3.63) is 33.8 Å². The fourth-order valence-electron chi connectivity index (χ4n) is 3.44. The third-order valence-electron chi connectivity index (χ3n) is 4.31. The Morgan fingerprint density at radius 1 is 1.18 bits per heavy atom. The van der Waals surface area contributed by atoms with Crippen molar-refractivity contribution >= 4 is 39.1 Å². The fraction of sp³-hybridized carbons (Fsp3) is 0.571. The van der Waals surface area contributed by atoms with E-state index in [1.807, 2.05) is 12.1 Å². The molecule has 2 saturated carbocycles. The third-order valence-corrected chi connectivity index (χ3v) is 5.98. The summed E-state index contributed by atoms with van der Waals surface area (Å²) >= 11 is 15.8. The molecule has 1 aromatic carbocycles. The molecule has 3 rings (SSSR count). The van der Waals surface area contributed by atoms with Crippen LogP contribution >= 0.6 is 39.1 Å². The Kier molecular flexibility index (Phi) is 3.44. The van der Waals surface area contributed by atoms with Crippen LogP contribution in [-0.2, 0) is 6.42 Å². The van der Waals surface area contributed by atoms with E-state index in [4.69, 9.17) is 23.2 Å². The zero-order valence-electron chi connectivity index (χ0n) is 9.50. The van der Waals surface area contributed by atoms with Gasteiger partial charge in [0.05, 0.1) is 10.0 Å². The second-order valence-corrected chi connectivity index (χ2v) is 7.30. The Hall–Kier alpha value is 0.280. The maximum atomic E-state index is 6.04. The summed E-state index contributed by atoms with van der Waals surface area (Å²) in [4.78, 5) is 0.607. The van der Waals surface area contributed by atoms with Gasteiger partial charge >= 0.3 is 0 Å². The molecule has 0 heterocycles. The van der Waals surface area contributed by atoms with Gasteiger partial charge in [-0.05, 0) is 54.7 Å². The Morgan fingerprint density at radius 3 is 2.53 bits per heavy atom. The van der Waals surface area contributed by atoms with Crippen molar-refractivity contribution in [1.29, 1.82) is 0 Å². The molecule has 2 aliphatic rings. The highest BCUT2D eigenvalue weighted by molar-refractivity contribution is 9.09. The van der Waals surface area contributed by atoms with Gasteiger partial charge in [-0.2, -0.15) is 0 Å². The lowest BCUT2D eigenvalue weighted by atomic mass is 10.0. The molecule has 0 amide bonds. The summed E-state index contributed by atoms with van der Waals surface area (Å²) < 4.78 is 0. The van der Waals surface area contributed by atoms with Crippen molar-refractivity contribution in [2.75, 3.05) is 0 Å². The number of benzene rings is 1. The third kappa shape index (κ3) is 2.39. The molecule has 3 atom stereocenters. The van der Waals surface area contributed by atoms with Crippen LogP contribution in [-0.4, -0.2) is 4.83 Å². The van der Waals surface area contributed by atoms with Crippen molar-refractivity contribution < 1.29 is 0 Å². The van der Waals surface area contributed by atoms with Crippen molar-refractivity contribution in [2.45, 2.75) is 30.5 Å². The second kappa shape index (κ2) is 4.75. The standard InChI is InChI=1S/C14H15BrCl2/c15-11(14-9-2-1-3-10(9)14)6-8-4-5-12(16)13(17)7-8/h4-5,7,9-11,14H,1-3,6H2. The highest BCUT2D eigenvalue weighted by atomic mass is 79.9. The van der Waals surface area contributed by atoms with Gasteiger partial charge in [0.15, 0.2) is 0 Å². The zero-order valence-corrected chi connectivity index (χ0v) is 12.6. The summed E-state index contributed by atoms with van der Waals surface area (Å²) in [7, 11) is 0. The molecule has 1 aromatic rings. The molecule has 2 aliphatic carbocycles. The van der Waals surface area contributed by atoms with Crippen molar-refractivity contribution in [2.24, 2.45) is 17.8 Å². The summed E-state index contributed by atoms with van der Waals surface area (Å²) in [6.07, 6.45) is 5.39. The highest BCUT2D eigenvalue weighted by Crippen LogP contribution is 2.60. The molecule has 0 bridgehead atoms. The molecule has 3 unspecified atom stereocenters. The van der Waals surface area contributed by atoms with Crippen molar-refractivity contribution in [3.63, 3.8) is 0 Å². The number of hydrogen-bond donors (Lipinski definition) is 0. The molecular formula is C14H15BrCl2. The number of fused-ring (bicyclic) bond motifs is 1. The van der Waals surface area contributed by atoms with E-state index in [0.717, 1.165) is 24.2 Å². The van der Waals surface area contributed by atoms with E-state index in [1.165, 1.54) is 24.8 Å². The molecule has 0 aromatic heterocycles. The summed E-state index contributed by atoms with van der Waals surface area (Å²) in [6, 6.07) is 5.98.